The lowest BCUT2D eigenvalue weighted by Crippen LogP contribution is -2.60. The van der Waals surface area contributed by atoms with Gasteiger partial charge < -0.3 is 15.5 Å². The van der Waals surface area contributed by atoms with Crippen molar-refractivity contribution in [2.75, 3.05) is 13.1 Å². The Morgan fingerprint density at radius 2 is 2.04 bits per heavy atom. The second-order valence-electron chi connectivity index (χ2n) is 5.80. The Bertz CT molecular complexity index is 607. The summed E-state index contributed by atoms with van der Waals surface area (Å²) in [6.45, 7) is 4.82. The number of benzene rings is 1. The van der Waals surface area contributed by atoms with Crippen molar-refractivity contribution in [1.29, 1.82) is 0 Å². The first-order chi connectivity index (χ1) is 11.3. The molecule has 1 fully saturated rings. The summed E-state index contributed by atoms with van der Waals surface area (Å²) in [5.41, 5.74) is 0.867. The number of carbonyl (C=O) groups is 2. The number of hydrogen-bond donors (Lipinski definition) is 2. The van der Waals surface area contributed by atoms with Crippen LogP contribution in [0.3, 0.4) is 0 Å². The van der Waals surface area contributed by atoms with Crippen molar-refractivity contribution in [3.63, 3.8) is 0 Å². The lowest BCUT2D eigenvalue weighted by atomic mass is 10.0. The van der Waals surface area contributed by atoms with Gasteiger partial charge in [-0.25, -0.2) is 13.6 Å². The van der Waals surface area contributed by atoms with Crippen LogP contribution in [0.1, 0.15) is 24.9 Å². The van der Waals surface area contributed by atoms with E-state index in [2.05, 4.69) is 17.2 Å². The van der Waals surface area contributed by atoms with Gasteiger partial charge >= 0.3 is 6.03 Å². The minimum Gasteiger partial charge on any atom is -0.337 e. The summed E-state index contributed by atoms with van der Waals surface area (Å²) in [5.74, 6) is -3.49. The molecule has 0 bridgehead atoms. The molecule has 2 rings (SSSR count). The SMILES string of the molecule is C=CC(=O)N1CCC(F)(F)[C@H](NC(=O)N[C@H](C)c2ccccc2)C1. The molecule has 24 heavy (non-hydrogen) atoms. The second kappa shape index (κ2) is 7.42. The highest BCUT2D eigenvalue weighted by Crippen LogP contribution is 2.28. The number of alkyl halides is 2. The van der Waals surface area contributed by atoms with Crippen LogP contribution in [0.25, 0.3) is 0 Å². The Balaban J connectivity index is 1.97. The molecule has 5 nitrogen and oxygen atoms in total. The maximum absolute atomic E-state index is 14.0. The Morgan fingerprint density at radius 3 is 2.67 bits per heavy atom. The number of halogens is 2. The molecule has 2 atom stereocenters. The molecule has 3 amide bonds. The van der Waals surface area contributed by atoms with Crippen molar-refractivity contribution < 1.29 is 18.4 Å². The molecular weight excluding hydrogens is 316 g/mol. The van der Waals surface area contributed by atoms with E-state index in [9.17, 15) is 18.4 Å². The van der Waals surface area contributed by atoms with Crippen LogP contribution in [0.4, 0.5) is 13.6 Å². The monoisotopic (exact) mass is 337 g/mol. The molecule has 1 heterocycles. The minimum atomic E-state index is -3.06. The van der Waals surface area contributed by atoms with E-state index < -0.39 is 30.3 Å². The van der Waals surface area contributed by atoms with Crippen molar-refractivity contribution in [1.82, 2.24) is 15.5 Å². The fourth-order valence-electron chi connectivity index (χ4n) is 2.61. The number of piperidine rings is 1. The number of amides is 3. The van der Waals surface area contributed by atoms with Crippen LogP contribution in [0, 0.1) is 0 Å². The van der Waals surface area contributed by atoms with Crippen molar-refractivity contribution >= 4 is 11.9 Å². The fraction of sp³-hybridized carbons (Fsp3) is 0.412. The number of carbonyl (C=O) groups excluding carboxylic acids is 2. The van der Waals surface area contributed by atoms with Gasteiger partial charge in [-0.2, -0.15) is 0 Å². The van der Waals surface area contributed by atoms with Crippen LogP contribution in [0.15, 0.2) is 43.0 Å². The number of rotatable bonds is 4. The minimum absolute atomic E-state index is 0.0575. The Morgan fingerprint density at radius 1 is 1.38 bits per heavy atom. The number of urea groups is 1. The van der Waals surface area contributed by atoms with Crippen LogP contribution >= 0.6 is 0 Å². The quantitative estimate of drug-likeness (QED) is 0.829. The number of nitrogens with zero attached hydrogens (tertiary/aromatic N) is 1. The highest BCUT2D eigenvalue weighted by Gasteiger charge is 2.45. The molecule has 1 aromatic rings. The molecule has 0 unspecified atom stereocenters. The molecule has 0 aliphatic carbocycles. The van der Waals surface area contributed by atoms with E-state index >= 15 is 0 Å². The van der Waals surface area contributed by atoms with Crippen molar-refractivity contribution in [2.24, 2.45) is 0 Å². The van der Waals surface area contributed by atoms with E-state index in [1.54, 1.807) is 6.92 Å². The first-order valence-electron chi connectivity index (χ1n) is 7.74. The Hall–Kier alpha value is -2.44. The van der Waals surface area contributed by atoms with Gasteiger partial charge in [0.1, 0.15) is 6.04 Å². The molecule has 2 N–H and O–H groups in total. The van der Waals surface area contributed by atoms with E-state index in [0.29, 0.717) is 0 Å². The predicted molar refractivity (Wildman–Crippen MR) is 86.7 cm³/mol. The molecular formula is C17H21F2N3O2. The third-order valence-corrected chi connectivity index (χ3v) is 4.07. The first-order valence-corrected chi connectivity index (χ1v) is 7.74. The summed E-state index contributed by atoms with van der Waals surface area (Å²) in [7, 11) is 0. The molecule has 130 valence electrons. The summed E-state index contributed by atoms with van der Waals surface area (Å²) >= 11 is 0. The smallest absolute Gasteiger partial charge is 0.315 e. The zero-order chi connectivity index (χ0) is 17.7. The van der Waals surface area contributed by atoms with Crippen molar-refractivity contribution in [3.8, 4) is 0 Å². The van der Waals surface area contributed by atoms with Crippen molar-refractivity contribution in [2.45, 2.75) is 31.4 Å². The average Bonchev–Trinajstić information content (AvgIpc) is 2.56. The van der Waals surface area contributed by atoms with Crippen LogP contribution in [-0.2, 0) is 4.79 Å². The summed E-state index contributed by atoms with van der Waals surface area (Å²) in [6.07, 6.45) is 0.587. The lowest BCUT2D eigenvalue weighted by molar-refractivity contribution is -0.135. The largest absolute Gasteiger partial charge is 0.337 e. The summed E-state index contributed by atoms with van der Waals surface area (Å²) < 4.78 is 28.0. The van der Waals surface area contributed by atoms with Gasteiger partial charge in [-0.05, 0) is 18.6 Å². The standard InChI is InChI=1S/C17H21F2N3O2/c1-3-15(23)22-10-9-17(18,19)14(11-22)21-16(24)20-12(2)13-7-5-4-6-8-13/h3-8,12,14H,1,9-11H2,2H3,(H2,20,21,24)/t12-,14-/m1/s1. The summed E-state index contributed by atoms with van der Waals surface area (Å²) in [6, 6.07) is 6.74. The van der Waals surface area contributed by atoms with Gasteiger partial charge in [0, 0.05) is 19.5 Å². The topological polar surface area (TPSA) is 61.4 Å². The maximum atomic E-state index is 14.0. The third-order valence-electron chi connectivity index (χ3n) is 4.07. The van der Waals surface area contributed by atoms with Crippen LogP contribution < -0.4 is 10.6 Å². The highest BCUT2D eigenvalue weighted by molar-refractivity contribution is 5.87. The average molecular weight is 337 g/mol. The van der Waals surface area contributed by atoms with Crippen LogP contribution in [-0.4, -0.2) is 41.9 Å². The van der Waals surface area contributed by atoms with Crippen LogP contribution in [0.5, 0.6) is 0 Å². The maximum Gasteiger partial charge on any atom is 0.315 e. The predicted octanol–water partition coefficient (Wildman–Crippen LogP) is 2.47. The van der Waals surface area contributed by atoms with E-state index in [-0.39, 0.29) is 19.1 Å². The van der Waals surface area contributed by atoms with Gasteiger partial charge in [-0.1, -0.05) is 36.9 Å². The molecule has 7 heteroatoms. The number of likely N-dealkylation sites (tertiary alicyclic amines) is 1. The van der Waals surface area contributed by atoms with Gasteiger partial charge in [-0.3, -0.25) is 4.79 Å². The zero-order valence-corrected chi connectivity index (χ0v) is 13.5. The highest BCUT2D eigenvalue weighted by atomic mass is 19.3. The first kappa shape index (κ1) is 17.9. The number of hydrogen-bond acceptors (Lipinski definition) is 2. The molecule has 0 aromatic heterocycles. The molecule has 0 radical (unpaired) electrons. The normalized spacial score (nSPS) is 20.8. The summed E-state index contributed by atoms with van der Waals surface area (Å²) in [5, 5.41) is 4.92. The molecule has 0 saturated carbocycles. The zero-order valence-electron chi connectivity index (χ0n) is 13.5. The molecule has 1 aliphatic rings. The van der Waals surface area contributed by atoms with Gasteiger partial charge in [0.25, 0.3) is 5.92 Å². The Kier molecular flexibility index (Phi) is 5.54. The van der Waals surface area contributed by atoms with Gasteiger partial charge in [0.05, 0.1) is 6.04 Å². The van der Waals surface area contributed by atoms with Crippen LogP contribution in [0.2, 0.25) is 0 Å². The molecule has 1 saturated heterocycles. The van der Waals surface area contributed by atoms with E-state index in [4.69, 9.17) is 0 Å². The second-order valence-corrected chi connectivity index (χ2v) is 5.80. The van der Waals surface area contributed by atoms with Gasteiger partial charge in [-0.15, -0.1) is 0 Å². The van der Waals surface area contributed by atoms with Crippen molar-refractivity contribution in [3.05, 3.63) is 48.6 Å². The molecule has 1 aliphatic heterocycles. The van der Waals surface area contributed by atoms with E-state index in [1.165, 1.54) is 4.90 Å². The molecule has 0 spiro atoms. The number of nitrogens with one attached hydrogen (secondary N) is 2. The van der Waals surface area contributed by atoms with Gasteiger partial charge in [0.15, 0.2) is 0 Å². The summed E-state index contributed by atoms with van der Waals surface area (Å²) in [4.78, 5) is 24.9. The van der Waals surface area contributed by atoms with E-state index in [0.717, 1.165) is 11.6 Å². The van der Waals surface area contributed by atoms with E-state index in [1.807, 2.05) is 30.3 Å². The third kappa shape index (κ3) is 4.31. The Labute approximate surface area is 139 Å². The van der Waals surface area contributed by atoms with Gasteiger partial charge in [0.2, 0.25) is 5.91 Å². The fourth-order valence-corrected chi connectivity index (χ4v) is 2.61. The molecule has 1 aromatic carbocycles. The lowest BCUT2D eigenvalue weighted by Gasteiger charge is -2.38.